The van der Waals surface area contributed by atoms with Crippen LogP contribution in [-0.4, -0.2) is 22.8 Å². The van der Waals surface area contributed by atoms with Gasteiger partial charge in [-0.15, -0.1) is 0 Å². The number of carbonyl (C=O) groups excluding carboxylic acids is 2. The van der Waals surface area contributed by atoms with E-state index in [0.717, 1.165) is 18.2 Å². The standard InChI is InChI=1S/C17H14F3N3O4/c18-17(19,20)12-7-3-2-6-11(12)16(25)22-13(15(21)24)9-10-5-1-4-8-14(10)23(26)27/h1-8,13H,9H2,(H2,21,24)(H,22,25)/t13-/m1/s1. The van der Waals surface area contributed by atoms with Crippen molar-refractivity contribution in [2.45, 2.75) is 18.6 Å². The lowest BCUT2D eigenvalue weighted by Gasteiger charge is -2.18. The molecule has 0 bridgehead atoms. The summed E-state index contributed by atoms with van der Waals surface area (Å²) < 4.78 is 39.1. The fourth-order valence-electron chi connectivity index (χ4n) is 2.47. The van der Waals surface area contributed by atoms with Crippen molar-refractivity contribution in [3.05, 3.63) is 75.3 Å². The molecule has 142 valence electrons. The summed E-state index contributed by atoms with van der Waals surface area (Å²) in [4.78, 5) is 34.3. The highest BCUT2D eigenvalue weighted by Gasteiger charge is 2.35. The third-order valence-corrected chi connectivity index (χ3v) is 3.74. The molecule has 3 N–H and O–H groups in total. The van der Waals surface area contributed by atoms with E-state index in [2.05, 4.69) is 5.32 Å². The van der Waals surface area contributed by atoms with Gasteiger partial charge >= 0.3 is 6.18 Å². The Bertz CT molecular complexity index is 884. The number of hydrogen-bond donors (Lipinski definition) is 2. The molecule has 1 atom stereocenters. The number of halogens is 3. The van der Waals surface area contributed by atoms with E-state index in [1.807, 2.05) is 0 Å². The second-order valence-electron chi connectivity index (χ2n) is 5.56. The van der Waals surface area contributed by atoms with Gasteiger partial charge in [0.15, 0.2) is 0 Å². The van der Waals surface area contributed by atoms with Crippen molar-refractivity contribution in [3.63, 3.8) is 0 Å². The number of primary amides is 1. The summed E-state index contributed by atoms with van der Waals surface area (Å²) >= 11 is 0. The summed E-state index contributed by atoms with van der Waals surface area (Å²) in [5, 5.41) is 13.2. The molecule has 27 heavy (non-hydrogen) atoms. The van der Waals surface area contributed by atoms with E-state index >= 15 is 0 Å². The Balaban J connectivity index is 2.30. The van der Waals surface area contributed by atoms with Crippen LogP contribution < -0.4 is 11.1 Å². The van der Waals surface area contributed by atoms with E-state index in [4.69, 9.17) is 5.73 Å². The third kappa shape index (κ3) is 4.81. The molecule has 0 heterocycles. The number of carbonyl (C=O) groups is 2. The van der Waals surface area contributed by atoms with Crippen LogP contribution in [0.4, 0.5) is 18.9 Å². The monoisotopic (exact) mass is 381 g/mol. The van der Waals surface area contributed by atoms with Crippen molar-refractivity contribution in [1.82, 2.24) is 5.32 Å². The Labute approximate surface area is 151 Å². The van der Waals surface area contributed by atoms with Gasteiger partial charge in [0.05, 0.1) is 16.1 Å². The van der Waals surface area contributed by atoms with Crippen molar-refractivity contribution in [3.8, 4) is 0 Å². The van der Waals surface area contributed by atoms with Crippen LogP contribution in [0.2, 0.25) is 0 Å². The van der Waals surface area contributed by atoms with E-state index in [0.29, 0.717) is 0 Å². The number of alkyl halides is 3. The Morgan fingerprint density at radius 1 is 1.11 bits per heavy atom. The Kier molecular flexibility index (Phi) is 5.78. The third-order valence-electron chi connectivity index (χ3n) is 3.74. The highest BCUT2D eigenvalue weighted by atomic mass is 19.4. The van der Waals surface area contributed by atoms with Crippen molar-refractivity contribution in [2.24, 2.45) is 5.73 Å². The first kappa shape index (κ1) is 19.9. The van der Waals surface area contributed by atoms with Gasteiger partial charge in [0, 0.05) is 18.1 Å². The molecule has 2 rings (SSSR count). The van der Waals surface area contributed by atoms with Crippen LogP contribution >= 0.6 is 0 Å². The highest BCUT2D eigenvalue weighted by molar-refractivity contribution is 5.98. The highest BCUT2D eigenvalue weighted by Crippen LogP contribution is 2.31. The van der Waals surface area contributed by atoms with Crippen LogP contribution in [0.25, 0.3) is 0 Å². The fourth-order valence-corrected chi connectivity index (χ4v) is 2.47. The topological polar surface area (TPSA) is 115 Å². The zero-order valence-corrected chi connectivity index (χ0v) is 13.7. The first-order valence-electron chi connectivity index (χ1n) is 7.60. The lowest BCUT2D eigenvalue weighted by atomic mass is 10.0. The minimum Gasteiger partial charge on any atom is -0.368 e. The van der Waals surface area contributed by atoms with Crippen molar-refractivity contribution in [1.29, 1.82) is 0 Å². The van der Waals surface area contributed by atoms with Crippen LogP contribution in [0.15, 0.2) is 48.5 Å². The average Bonchev–Trinajstić information content (AvgIpc) is 2.60. The summed E-state index contributed by atoms with van der Waals surface area (Å²) in [6.07, 6.45) is -5.11. The van der Waals surface area contributed by atoms with Gasteiger partial charge in [0.1, 0.15) is 6.04 Å². The van der Waals surface area contributed by atoms with E-state index < -0.39 is 40.1 Å². The Hall–Kier alpha value is -3.43. The van der Waals surface area contributed by atoms with Gasteiger partial charge in [0.2, 0.25) is 5.91 Å². The number of benzene rings is 2. The molecule has 0 saturated heterocycles. The molecule has 0 unspecified atom stereocenters. The van der Waals surface area contributed by atoms with Crippen molar-refractivity contribution >= 4 is 17.5 Å². The number of para-hydroxylation sites is 1. The van der Waals surface area contributed by atoms with E-state index in [1.54, 1.807) is 0 Å². The minimum atomic E-state index is -4.77. The van der Waals surface area contributed by atoms with Crippen LogP contribution in [0, 0.1) is 10.1 Å². The number of nitrogens with zero attached hydrogens (tertiary/aromatic N) is 1. The van der Waals surface area contributed by atoms with E-state index in [9.17, 15) is 32.9 Å². The maximum absolute atomic E-state index is 13.0. The van der Waals surface area contributed by atoms with Gasteiger partial charge in [0.25, 0.3) is 11.6 Å². The summed E-state index contributed by atoms with van der Waals surface area (Å²) in [7, 11) is 0. The van der Waals surface area contributed by atoms with Gasteiger partial charge in [-0.3, -0.25) is 19.7 Å². The molecule has 0 radical (unpaired) electrons. The quantitative estimate of drug-likeness (QED) is 0.591. The van der Waals surface area contributed by atoms with E-state index in [-0.39, 0.29) is 17.7 Å². The maximum atomic E-state index is 13.0. The molecule has 0 saturated carbocycles. The predicted octanol–water partition coefficient (Wildman–Crippen LogP) is 2.44. The lowest BCUT2D eigenvalue weighted by Crippen LogP contribution is -2.46. The molecular weight excluding hydrogens is 367 g/mol. The lowest BCUT2D eigenvalue weighted by molar-refractivity contribution is -0.385. The molecule has 10 heteroatoms. The molecule has 0 aliphatic heterocycles. The summed E-state index contributed by atoms with van der Waals surface area (Å²) in [6.45, 7) is 0. The minimum absolute atomic E-state index is 0.107. The van der Waals surface area contributed by atoms with Crippen LogP contribution in [0.5, 0.6) is 0 Å². The van der Waals surface area contributed by atoms with E-state index in [1.165, 1.54) is 30.3 Å². The zero-order valence-electron chi connectivity index (χ0n) is 13.7. The predicted molar refractivity (Wildman–Crippen MR) is 88.7 cm³/mol. The Morgan fingerprint density at radius 3 is 2.30 bits per heavy atom. The normalized spacial score (nSPS) is 12.3. The number of nitro benzene ring substituents is 1. The molecule has 0 spiro atoms. The van der Waals surface area contributed by atoms with Gasteiger partial charge in [-0.2, -0.15) is 13.2 Å². The largest absolute Gasteiger partial charge is 0.417 e. The molecule has 2 amide bonds. The molecule has 7 nitrogen and oxygen atoms in total. The van der Waals surface area contributed by atoms with Gasteiger partial charge in [-0.05, 0) is 12.1 Å². The average molecular weight is 381 g/mol. The molecule has 2 aromatic rings. The van der Waals surface area contributed by atoms with Gasteiger partial charge in [-0.25, -0.2) is 0 Å². The fraction of sp³-hybridized carbons (Fsp3) is 0.176. The van der Waals surface area contributed by atoms with Crippen molar-refractivity contribution < 1.29 is 27.7 Å². The Morgan fingerprint density at radius 2 is 1.70 bits per heavy atom. The van der Waals surface area contributed by atoms with Crippen LogP contribution in [-0.2, 0) is 17.4 Å². The second-order valence-corrected chi connectivity index (χ2v) is 5.56. The molecule has 0 aliphatic carbocycles. The van der Waals surface area contributed by atoms with Gasteiger partial charge < -0.3 is 11.1 Å². The number of hydrogen-bond acceptors (Lipinski definition) is 4. The number of nitrogens with one attached hydrogen (secondary N) is 1. The van der Waals surface area contributed by atoms with Crippen molar-refractivity contribution in [2.75, 3.05) is 0 Å². The maximum Gasteiger partial charge on any atom is 0.417 e. The molecule has 0 fully saturated rings. The number of nitro groups is 1. The molecule has 0 aliphatic rings. The number of rotatable bonds is 6. The summed E-state index contributed by atoms with van der Waals surface area (Å²) in [5.41, 5.74) is 3.17. The summed E-state index contributed by atoms with van der Waals surface area (Å²) in [6, 6.07) is 8.10. The molecular formula is C17H14F3N3O4. The first-order chi connectivity index (χ1) is 12.6. The zero-order chi connectivity index (χ0) is 20.2. The second kappa shape index (κ2) is 7.85. The SMILES string of the molecule is NC(=O)[C@@H](Cc1ccccc1[N+](=O)[O-])NC(=O)c1ccccc1C(F)(F)F. The molecule has 0 aromatic heterocycles. The molecule has 2 aromatic carbocycles. The first-order valence-corrected chi connectivity index (χ1v) is 7.60. The van der Waals surface area contributed by atoms with Gasteiger partial charge in [-0.1, -0.05) is 30.3 Å². The smallest absolute Gasteiger partial charge is 0.368 e. The number of amides is 2. The van der Waals surface area contributed by atoms with Crippen LogP contribution in [0.1, 0.15) is 21.5 Å². The summed E-state index contributed by atoms with van der Waals surface area (Å²) in [5.74, 6) is -2.20. The van der Waals surface area contributed by atoms with Crippen LogP contribution in [0.3, 0.4) is 0 Å². The number of nitrogens with two attached hydrogens (primary N) is 1.